The first-order valence-corrected chi connectivity index (χ1v) is 5.01. The average molecular weight is 196 g/mol. The fraction of sp³-hybridized carbons (Fsp3) is 0.636. The molecule has 2 unspecified atom stereocenters. The molecular weight excluding hydrogens is 180 g/mol. The standard InChI is InChI=1S/C11H16O3/c1-3-8-5-6-9(10(12)7-8)11(13)14-4-2/h3,8-9H,1,4-7H2,2H3. The Morgan fingerprint density at radius 1 is 1.64 bits per heavy atom. The van der Waals surface area contributed by atoms with Crippen LogP contribution in [-0.4, -0.2) is 18.4 Å². The molecule has 0 amide bonds. The van der Waals surface area contributed by atoms with Crippen molar-refractivity contribution in [1.29, 1.82) is 0 Å². The van der Waals surface area contributed by atoms with Crippen molar-refractivity contribution in [2.24, 2.45) is 11.8 Å². The molecule has 0 N–H and O–H groups in total. The molecular formula is C11H16O3. The molecule has 1 fully saturated rings. The van der Waals surface area contributed by atoms with Gasteiger partial charge in [-0.3, -0.25) is 9.59 Å². The number of carbonyl (C=O) groups is 2. The van der Waals surface area contributed by atoms with E-state index in [2.05, 4.69) is 6.58 Å². The van der Waals surface area contributed by atoms with Crippen molar-refractivity contribution in [3.05, 3.63) is 12.7 Å². The molecule has 1 aliphatic rings. The van der Waals surface area contributed by atoms with Crippen LogP contribution in [0, 0.1) is 11.8 Å². The highest BCUT2D eigenvalue weighted by atomic mass is 16.5. The molecule has 0 aromatic rings. The van der Waals surface area contributed by atoms with E-state index in [0.29, 0.717) is 19.4 Å². The van der Waals surface area contributed by atoms with E-state index in [1.54, 1.807) is 13.0 Å². The van der Waals surface area contributed by atoms with Gasteiger partial charge in [-0.25, -0.2) is 0 Å². The summed E-state index contributed by atoms with van der Waals surface area (Å²) in [5.41, 5.74) is 0. The van der Waals surface area contributed by atoms with Crippen molar-refractivity contribution in [2.45, 2.75) is 26.2 Å². The molecule has 0 radical (unpaired) electrons. The number of Topliss-reactive ketones (excluding diaryl/α,β-unsaturated/α-hetero) is 1. The van der Waals surface area contributed by atoms with Crippen LogP contribution in [0.3, 0.4) is 0 Å². The van der Waals surface area contributed by atoms with Crippen LogP contribution in [0.15, 0.2) is 12.7 Å². The monoisotopic (exact) mass is 196 g/mol. The Hall–Kier alpha value is -1.12. The Labute approximate surface area is 84.1 Å². The molecule has 0 heterocycles. The van der Waals surface area contributed by atoms with Crippen molar-refractivity contribution in [1.82, 2.24) is 0 Å². The highest BCUT2D eigenvalue weighted by molar-refractivity contribution is 5.99. The molecule has 2 atom stereocenters. The first-order valence-electron chi connectivity index (χ1n) is 5.01. The summed E-state index contributed by atoms with van der Waals surface area (Å²) >= 11 is 0. The number of carbonyl (C=O) groups excluding carboxylic acids is 2. The SMILES string of the molecule is C=CC1CCC(C(=O)OCC)C(=O)C1. The molecule has 1 saturated carbocycles. The summed E-state index contributed by atoms with van der Waals surface area (Å²) in [6.45, 7) is 5.75. The number of esters is 1. The quantitative estimate of drug-likeness (QED) is 0.392. The molecule has 3 heteroatoms. The van der Waals surface area contributed by atoms with Gasteiger partial charge in [0.2, 0.25) is 0 Å². The molecule has 0 aliphatic heterocycles. The van der Waals surface area contributed by atoms with Gasteiger partial charge in [-0.2, -0.15) is 0 Å². The molecule has 0 aromatic heterocycles. The Morgan fingerprint density at radius 2 is 2.36 bits per heavy atom. The van der Waals surface area contributed by atoms with Gasteiger partial charge >= 0.3 is 5.97 Å². The molecule has 0 saturated heterocycles. The van der Waals surface area contributed by atoms with E-state index in [-0.39, 0.29) is 17.7 Å². The maximum Gasteiger partial charge on any atom is 0.316 e. The van der Waals surface area contributed by atoms with E-state index >= 15 is 0 Å². The van der Waals surface area contributed by atoms with Crippen LogP contribution in [0.25, 0.3) is 0 Å². The third-order valence-corrected chi connectivity index (χ3v) is 2.58. The second kappa shape index (κ2) is 4.94. The van der Waals surface area contributed by atoms with Gasteiger partial charge < -0.3 is 4.74 Å². The van der Waals surface area contributed by atoms with Crippen molar-refractivity contribution in [2.75, 3.05) is 6.61 Å². The lowest BCUT2D eigenvalue weighted by atomic mass is 9.81. The first kappa shape index (κ1) is 11.0. The maximum absolute atomic E-state index is 11.5. The van der Waals surface area contributed by atoms with Crippen molar-refractivity contribution in [3.63, 3.8) is 0 Å². The van der Waals surface area contributed by atoms with Gasteiger partial charge in [0, 0.05) is 6.42 Å². The van der Waals surface area contributed by atoms with Crippen molar-refractivity contribution >= 4 is 11.8 Å². The number of hydrogen-bond donors (Lipinski definition) is 0. The van der Waals surface area contributed by atoms with E-state index in [0.717, 1.165) is 6.42 Å². The number of ether oxygens (including phenoxy) is 1. The third-order valence-electron chi connectivity index (χ3n) is 2.58. The smallest absolute Gasteiger partial charge is 0.316 e. The number of hydrogen-bond acceptors (Lipinski definition) is 3. The van der Waals surface area contributed by atoms with Crippen LogP contribution in [0.2, 0.25) is 0 Å². The molecule has 0 bridgehead atoms. The topological polar surface area (TPSA) is 43.4 Å². The molecule has 1 aliphatic carbocycles. The largest absolute Gasteiger partial charge is 0.465 e. The van der Waals surface area contributed by atoms with E-state index in [1.807, 2.05) is 0 Å². The van der Waals surface area contributed by atoms with Crippen LogP contribution < -0.4 is 0 Å². The van der Waals surface area contributed by atoms with E-state index in [4.69, 9.17) is 4.74 Å². The lowest BCUT2D eigenvalue weighted by Gasteiger charge is -2.23. The minimum absolute atomic E-state index is 0.000370. The predicted octanol–water partition coefficient (Wildman–Crippen LogP) is 1.72. The van der Waals surface area contributed by atoms with Gasteiger partial charge in [0.25, 0.3) is 0 Å². The highest BCUT2D eigenvalue weighted by Crippen LogP contribution is 2.27. The summed E-state index contributed by atoms with van der Waals surface area (Å²) in [5.74, 6) is -0.640. The summed E-state index contributed by atoms with van der Waals surface area (Å²) in [6, 6.07) is 0. The van der Waals surface area contributed by atoms with Crippen LogP contribution >= 0.6 is 0 Å². The number of rotatable bonds is 3. The van der Waals surface area contributed by atoms with E-state index in [9.17, 15) is 9.59 Å². The normalized spacial score (nSPS) is 27.1. The molecule has 14 heavy (non-hydrogen) atoms. The van der Waals surface area contributed by atoms with Crippen LogP contribution in [0.1, 0.15) is 26.2 Å². The number of allylic oxidation sites excluding steroid dienone is 1. The third kappa shape index (κ3) is 2.44. The molecule has 0 spiro atoms. The lowest BCUT2D eigenvalue weighted by Crippen LogP contribution is -2.31. The zero-order valence-electron chi connectivity index (χ0n) is 8.49. The van der Waals surface area contributed by atoms with Crippen molar-refractivity contribution in [3.8, 4) is 0 Å². The summed E-state index contributed by atoms with van der Waals surface area (Å²) < 4.78 is 4.84. The lowest BCUT2D eigenvalue weighted by molar-refractivity contribution is -0.153. The minimum Gasteiger partial charge on any atom is -0.465 e. The second-order valence-corrected chi connectivity index (χ2v) is 3.55. The van der Waals surface area contributed by atoms with Gasteiger partial charge in [0.15, 0.2) is 0 Å². The van der Waals surface area contributed by atoms with E-state index in [1.165, 1.54) is 0 Å². The van der Waals surface area contributed by atoms with Crippen LogP contribution in [0.4, 0.5) is 0 Å². The fourth-order valence-corrected chi connectivity index (χ4v) is 1.74. The Bertz CT molecular complexity index is 245. The van der Waals surface area contributed by atoms with Gasteiger partial charge in [-0.05, 0) is 25.7 Å². The average Bonchev–Trinajstić information content (AvgIpc) is 2.17. The van der Waals surface area contributed by atoms with Gasteiger partial charge in [0.1, 0.15) is 11.7 Å². The number of ketones is 1. The fourth-order valence-electron chi connectivity index (χ4n) is 1.74. The predicted molar refractivity (Wildman–Crippen MR) is 52.7 cm³/mol. The van der Waals surface area contributed by atoms with E-state index < -0.39 is 5.92 Å². The summed E-state index contributed by atoms with van der Waals surface area (Å²) in [4.78, 5) is 22.9. The Kier molecular flexibility index (Phi) is 3.86. The Balaban J connectivity index is 2.53. The highest BCUT2D eigenvalue weighted by Gasteiger charge is 2.33. The second-order valence-electron chi connectivity index (χ2n) is 3.55. The van der Waals surface area contributed by atoms with Gasteiger partial charge in [-0.15, -0.1) is 6.58 Å². The summed E-state index contributed by atoms with van der Waals surface area (Å²) in [7, 11) is 0. The molecule has 3 nitrogen and oxygen atoms in total. The van der Waals surface area contributed by atoms with Crippen LogP contribution in [-0.2, 0) is 14.3 Å². The van der Waals surface area contributed by atoms with Crippen LogP contribution in [0.5, 0.6) is 0 Å². The maximum atomic E-state index is 11.5. The minimum atomic E-state index is -0.522. The summed E-state index contributed by atoms with van der Waals surface area (Å²) in [6.07, 6.45) is 3.69. The first-order chi connectivity index (χ1) is 6.69. The zero-order chi connectivity index (χ0) is 10.6. The van der Waals surface area contributed by atoms with Gasteiger partial charge in [-0.1, -0.05) is 6.08 Å². The zero-order valence-corrected chi connectivity index (χ0v) is 8.49. The molecule has 0 aromatic carbocycles. The van der Waals surface area contributed by atoms with Crippen molar-refractivity contribution < 1.29 is 14.3 Å². The molecule has 78 valence electrons. The van der Waals surface area contributed by atoms with Gasteiger partial charge in [0.05, 0.1) is 6.61 Å². The Morgan fingerprint density at radius 3 is 2.86 bits per heavy atom. The summed E-state index contributed by atoms with van der Waals surface area (Å²) in [5, 5.41) is 0. The molecule has 1 rings (SSSR count).